The van der Waals surface area contributed by atoms with E-state index in [9.17, 15) is 9.90 Å². The number of benzene rings is 2. The Morgan fingerprint density at radius 1 is 1.17 bits per heavy atom. The predicted molar refractivity (Wildman–Crippen MR) is 143 cm³/mol. The maximum Gasteiger partial charge on any atom is 0.304 e. The number of methoxy groups -OCH3 is 1. The molecule has 8 heteroatoms. The summed E-state index contributed by atoms with van der Waals surface area (Å²) in [6.07, 6.45) is -0.139. The Morgan fingerprint density at radius 3 is 2.46 bits per heavy atom. The molecule has 0 aliphatic carbocycles. The fourth-order valence-electron chi connectivity index (χ4n) is 4.37. The molecule has 0 radical (unpaired) electrons. The van der Waals surface area contributed by atoms with Crippen LogP contribution < -0.4 is 10.2 Å². The van der Waals surface area contributed by atoms with Crippen molar-refractivity contribution in [1.29, 1.82) is 0 Å². The summed E-state index contributed by atoms with van der Waals surface area (Å²) in [5.74, 6) is -1.10. The molecule has 0 aliphatic heterocycles. The summed E-state index contributed by atoms with van der Waals surface area (Å²) in [4.78, 5) is 18.1. The zero-order valence-corrected chi connectivity index (χ0v) is 22.2. The van der Waals surface area contributed by atoms with Gasteiger partial charge >= 0.3 is 5.97 Å². The van der Waals surface area contributed by atoms with Gasteiger partial charge in [0.25, 0.3) is 0 Å². The maximum absolute atomic E-state index is 15.9. The lowest BCUT2D eigenvalue weighted by atomic mass is 9.94. The van der Waals surface area contributed by atoms with Gasteiger partial charge in [-0.25, -0.2) is 9.37 Å². The number of fused-ring (bicyclic) bond motifs is 1. The van der Waals surface area contributed by atoms with Crippen LogP contribution in [0.15, 0.2) is 30.3 Å². The quantitative estimate of drug-likeness (QED) is 0.284. The van der Waals surface area contributed by atoms with Crippen molar-refractivity contribution in [2.75, 3.05) is 37.0 Å². The number of nitrogens with zero attached hydrogens (tertiary/aromatic N) is 2. The van der Waals surface area contributed by atoms with Crippen molar-refractivity contribution < 1.29 is 19.0 Å². The van der Waals surface area contributed by atoms with Gasteiger partial charge in [-0.15, -0.1) is 11.3 Å². The molecule has 3 rings (SSSR count). The van der Waals surface area contributed by atoms with Crippen LogP contribution in [-0.4, -0.2) is 42.9 Å². The molecule has 0 fully saturated rings. The van der Waals surface area contributed by atoms with Gasteiger partial charge < -0.3 is 20.1 Å². The largest absolute Gasteiger partial charge is 0.481 e. The van der Waals surface area contributed by atoms with Crippen molar-refractivity contribution in [1.82, 2.24) is 4.98 Å². The summed E-state index contributed by atoms with van der Waals surface area (Å²) >= 11 is 1.61. The highest BCUT2D eigenvalue weighted by Gasteiger charge is 2.24. The third-order valence-electron chi connectivity index (χ3n) is 5.61. The van der Waals surface area contributed by atoms with Gasteiger partial charge in [0.1, 0.15) is 5.82 Å². The highest BCUT2D eigenvalue weighted by Crippen LogP contribution is 2.38. The molecule has 1 aromatic heterocycles. The lowest BCUT2D eigenvalue weighted by Gasteiger charge is -2.32. The average molecular weight is 502 g/mol. The van der Waals surface area contributed by atoms with Crippen LogP contribution in [0.1, 0.15) is 50.6 Å². The number of aromatic nitrogens is 1. The van der Waals surface area contributed by atoms with E-state index in [2.05, 4.69) is 42.9 Å². The van der Waals surface area contributed by atoms with E-state index < -0.39 is 11.9 Å². The van der Waals surface area contributed by atoms with E-state index in [1.165, 1.54) is 13.2 Å². The van der Waals surface area contributed by atoms with E-state index in [4.69, 9.17) is 4.74 Å². The number of rotatable bonds is 12. The van der Waals surface area contributed by atoms with E-state index in [0.29, 0.717) is 41.9 Å². The number of thiazole rings is 1. The van der Waals surface area contributed by atoms with Crippen molar-refractivity contribution >= 4 is 44.6 Å². The molecule has 2 aromatic carbocycles. The second-order valence-corrected chi connectivity index (χ2v) is 11.1. The number of nitrogens with one attached hydrogen (secondary N) is 1. The molecule has 35 heavy (non-hydrogen) atoms. The SMILES string of the molecule is COCC(CC(=O)O)c1cc(F)c(N(CC(C)C)CC(C)C)c(Nc2ccc3nc(C)sc3c2)c1. The molecule has 190 valence electrons. The average Bonchev–Trinajstić information content (AvgIpc) is 3.11. The first-order valence-electron chi connectivity index (χ1n) is 12.0. The smallest absolute Gasteiger partial charge is 0.304 e. The monoisotopic (exact) mass is 501 g/mol. The number of hydrogen-bond donors (Lipinski definition) is 2. The number of halogens is 1. The standard InChI is InChI=1S/C27H36FN3O3S/c1-16(2)13-31(14-17(3)4)27-22(28)9-19(20(15-34-6)11-26(32)33)10-24(27)30-21-7-8-23-25(12-21)35-18(5)29-23/h7-10,12,16-17,20,30H,11,13-15H2,1-6H3,(H,32,33). The van der Waals surface area contributed by atoms with E-state index in [-0.39, 0.29) is 18.8 Å². The molecule has 0 amide bonds. The predicted octanol–water partition coefficient (Wildman–Crippen LogP) is 6.81. The Hall–Kier alpha value is -2.71. The third-order valence-corrected chi connectivity index (χ3v) is 6.54. The van der Waals surface area contributed by atoms with Crippen LogP contribution in [0.2, 0.25) is 0 Å². The van der Waals surface area contributed by atoms with Crippen LogP contribution in [0.5, 0.6) is 0 Å². The van der Waals surface area contributed by atoms with E-state index >= 15 is 4.39 Å². The third kappa shape index (κ3) is 7.15. The molecule has 0 spiro atoms. The summed E-state index contributed by atoms with van der Waals surface area (Å²) < 4.78 is 22.2. The molecule has 0 bridgehead atoms. The lowest BCUT2D eigenvalue weighted by molar-refractivity contribution is -0.137. The Bertz CT molecular complexity index is 1150. The van der Waals surface area contributed by atoms with Gasteiger partial charge in [0.15, 0.2) is 0 Å². The van der Waals surface area contributed by atoms with E-state index in [1.807, 2.05) is 31.2 Å². The number of carboxylic acids is 1. The van der Waals surface area contributed by atoms with Crippen molar-refractivity contribution in [3.05, 3.63) is 46.7 Å². The highest BCUT2D eigenvalue weighted by atomic mass is 32.1. The summed E-state index contributed by atoms with van der Waals surface area (Å²) in [7, 11) is 1.53. The van der Waals surface area contributed by atoms with Gasteiger partial charge in [0, 0.05) is 31.8 Å². The van der Waals surface area contributed by atoms with Crippen LogP contribution in [0.4, 0.5) is 21.5 Å². The highest BCUT2D eigenvalue weighted by molar-refractivity contribution is 7.18. The number of aliphatic carboxylic acids is 1. The fourth-order valence-corrected chi connectivity index (χ4v) is 5.24. The van der Waals surface area contributed by atoms with Crippen LogP contribution in [0.25, 0.3) is 10.2 Å². The number of carboxylic acid groups (broad SMARTS) is 1. The minimum atomic E-state index is -0.946. The molecular formula is C27H36FN3O3S. The molecule has 0 saturated heterocycles. The van der Waals surface area contributed by atoms with Crippen molar-refractivity contribution in [3.63, 3.8) is 0 Å². The van der Waals surface area contributed by atoms with Crippen LogP contribution in [0.3, 0.4) is 0 Å². The first-order chi connectivity index (χ1) is 16.6. The zero-order valence-electron chi connectivity index (χ0n) is 21.4. The second-order valence-electron chi connectivity index (χ2n) is 9.88. The molecule has 6 nitrogen and oxygen atoms in total. The van der Waals surface area contributed by atoms with Crippen LogP contribution in [-0.2, 0) is 9.53 Å². The Morgan fingerprint density at radius 2 is 1.86 bits per heavy atom. The number of anilines is 3. The van der Waals surface area contributed by atoms with Gasteiger partial charge in [-0.2, -0.15) is 0 Å². The summed E-state index contributed by atoms with van der Waals surface area (Å²) in [6.45, 7) is 12.0. The Labute approximate surface area is 211 Å². The molecular weight excluding hydrogens is 465 g/mol. The zero-order chi connectivity index (χ0) is 25.7. The van der Waals surface area contributed by atoms with Crippen LogP contribution in [0, 0.1) is 24.6 Å². The Balaban J connectivity index is 2.13. The molecule has 1 unspecified atom stereocenters. The first-order valence-corrected chi connectivity index (χ1v) is 12.8. The molecule has 3 aromatic rings. The minimum Gasteiger partial charge on any atom is -0.481 e. The molecule has 1 atom stereocenters. The molecule has 1 heterocycles. The Kier molecular flexibility index (Phi) is 9.08. The van der Waals surface area contributed by atoms with Crippen molar-refractivity contribution in [2.45, 2.75) is 47.0 Å². The summed E-state index contributed by atoms with van der Waals surface area (Å²) in [6, 6.07) is 9.26. The molecule has 0 saturated carbocycles. The maximum atomic E-state index is 15.9. The lowest BCUT2D eigenvalue weighted by Crippen LogP contribution is -2.32. The second kappa shape index (κ2) is 11.8. The van der Waals surface area contributed by atoms with Gasteiger partial charge in [0.2, 0.25) is 0 Å². The van der Waals surface area contributed by atoms with Gasteiger partial charge in [-0.05, 0) is 54.7 Å². The molecule has 0 aliphatic rings. The number of ether oxygens (including phenoxy) is 1. The number of carbonyl (C=O) groups is 1. The van der Waals surface area contributed by atoms with E-state index in [0.717, 1.165) is 20.9 Å². The summed E-state index contributed by atoms with van der Waals surface area (Å²) in [5.41, 5.74) is 3.48. The summed E-state index contributed by atoms with van der Waals surface area (Å²) in [5, 5.41) is 13.8. The molecule has 2 N–H and O–H groups in total. The van der Waals surface area contributed by atoms with Gasteiger partial charge in [0.05, 0.1) is 39.6 Å². The first kappa shape index (κ1) is 26.9. The number of hydrogen-bond acceptors (Lipinski definition) is 6. The fraction of sp³-hybridized carbons (Fsp3) is 0.481. The van der Waals surface area contributed by atoms with Gasteiger partial charge in [-0.1, -0.05) is 27.7 Å². The van der Waals surface area contributed by atoms with E-state index in [1.54, 1.807) is 11.3 Å². The topological polar surface area (TPSA) is 74.7 Å². The van der Waals surface area contributed by atoms with Gasteiger partial charge in [-0.3, -0.25) is 4.79 Å². The van der Waals surface area contributed by atoms with Crippen LogP contribution >= 0.6 is 11.3 Å². The van der Waals surface area contributed by atoms with Crippen molar-refractivity contribution in [2.24, 2.45) is 11.8 Å². The minimum absolute atomic E-state index is 0.139. The normalized spacial score (nSPS) is 12.5. The van der Waals surface area contributed by atoms with Crippen molar-refractivity contribution in [3.8, 4) is 0 Å². The number of aryl methyl sites for hydroxylation is 1.